The number of carbonyl (C=O) groups is 2. The highest BCUT2D eigenvalue weighted by atomic mass is 16.7. The molecular formula is C24H24N4O10. The fourth-order valence-corrected chi connectivity index (χ4v) is 3.93. The molecule has 2 aromatic carbocycles. The molecule has 2 aliphatic heterocycles. The van der Waals surface area contributed by atoms with Crippen LogP contribution in [0.3, 0.4) is 0 Å². The van der Waals surface area contributed by atoms with Crippen molar-refractivity contribution in [3.05, 3.63) is 79.9 Å². The van der Waals surface area contributed by atoms with Crippen LogP contribution in [-0.2, 0) is 28.7 Å². The number of rotatable bonds is 6. The highest BCUT2D eigenvalue weighted by Crippen LogP contribution is 2.34. The molecule has 0 saturated carbocycles. The molecule has 0 bridgehead atoms. The first-order valence-corrected chi connectivity index (χ1v) is 11.1. The summed E-state index contributed by atoms with van der Waals surface area (Å²) in [4.78, 5) is 53.7. The average molecular weight is 528 g/mol. The summed E-state index contributed by atoms with van der Waals surface area (Å²) >= 11 is 0. The fourth-order valence-electron chi connectivity index (χ4n) is 3.93. The predicted octanol–water partition coefficient (Wildman–Crippen LogP) is 3.46. The van der Waals surface area contributed by atoms with E-state index >= 15 is 0 Å². The molecule has 0 radical (unpaired) electrons. The summed E-state index contributed by atoms with van der Waals surface area (Å²) in [5, 5.41) is 28.7. The van der Waals surface area contributed by atoms with Crippen molar-refractivity contribution in [3.8, 4) is 0 Å². The Hall–Kier alpha value is -4.88. The van der Waals surface area contributed by atoms with E-state index in [1.165, 1.54) is 38.5 Å². The molecule has 2 aliphatic rings. The van der Waals surface area contributed by atoms with E-state index in [2.05, 4.69) is 15.0 Å². The second-order valence-corrected chi connectivity index (χ2v) is 8.22. The monoisotopic (exact) mass is 528 g/mol. The van der Waals surface area contributed by atoms with Crippen LogP contribution in [0.4, 0.5) is 11.4 Å². The highest BCUT2D eigenvalue weighted by Gasteiger charge is 2.40. The van der Waals surface area contributed by atoms with Crippen molar-refractivity contribution < 1.29 is 38.6 Å². The van der Waals surface area contributed by atoms with Gasteiger partial charge in [0.05, 0.1) is 41.4 Å². The molecule has 0 fully saturated rings. The van der Waals surface area contributed by atoms with Crippen molar-refractivity contribution in [1.29, 1.82) is 0 Å². The van der Waals surface area contributed by atoms with Gasteiger partial charge in [0.15, 0.2) is 6.10 Å². The zero-order valence-corrected chi connectivity index (χ0v) is 20.8. The van der Waals surface area contributed by atoms with Crippen molar-refractivity contribution in [1.82, 2.24) is 0 Å². The third kappa shape index (κ3) is 5.91. The van der Waals surface area contributed by atoms with Crippen LogP contribution in [0.2, 0.25) is 0 Å². The molecule has 2 heterocycles. The number of ether oxygens (including phenoxy) is 2. The van der Waals surface area contributed by atoms with E-state index in [9.17, 15) is 29.8 Å². The minimum atomic E-state index is -0.841. The topological polar surface area (TPSA) is 182 Å². The molecule has 4 rings (SSSR count). The number of hydrogen-bond acceptors (Lipinski definition) is 12. The number of hydrogen-bond donors (Lipinski definition) is 0. The second-order valence-electron chi connectivity index (χ2n) is 8.22. The molecule has 0 aromatic heterocycles. The van der Waals surface area contributed by atoms with Gasteiger partial charge < -0.3 is 19.1 Å². The molecule has 14 nitrogen and oxygen atoms in total. The van der Waals surface area contributed by atoms with Crippen molar-refractivity contribution in [3.63, 3.8) is 0 Å². The maximum atomic E-state index is 11.7. The zero-order valence-electron chi connectivity index (χ0n) is 20.8. The van der Waals surface area contributed by atoms with Gasteiger partial charge in [-0.25, -0.2) is 4.79 Å². The Kier molecular flexibility index (Phi) is 8.68. The third-order valence-corrected chi connectivity index (χ3v) is 5.91. The highest BCUT2D eigenvalue weighted by molar-refractivity contribution is 6.02. The van der Waals surface area contributed by atoms with E-state index in [1.54, 1.807) is 38.1 Å². The van der Waals surface area contributed by atoms with Crippen LogP contribution in [0, 0.1) is 26.1 Å². The lowest BCUT2D eigenvalue weighted by atomic mass is 9.90. The van der Waals surface area contributed by atoms with Crippen LogP contribution in [0.25, 0.3) is 0 Å². The first kappa shape index (κ1) is 27.7. The van der Waals surface area contributed by atoms with E-state index in [1.807, 2.05) is 0 Å². The number of oxime groups is 2. The number of nitro benzene ring substituents is 2. The third-order valence-electron chi connectivity index (χ3n) is 5.91. The lowest BCUT2D eigenvalue weighted by Crippen LogP contribution is -2.29. The fraction of sp³-hybridized carbons (Fsp3) is 0.333. The summed E-state index contributed by atoms with van der Waals surface area (Å²) in [5.41, 5.74) is 2.49. The van der Waals surface area contributed by atoms with E-state index in [0.29, 0.717) is 17.0 Å². The van der Waals surface area contributed by atoms with Crippen molar-refractivity contribution >= 4 is 34.7 Å². The maximum Gasteiger partial charge on any atom is 0.351 e. The predicted molar refractivity (Wildman–Crippen MR) is 131 cm³/mol. The van der Waals surface area contributed by atoms with Crippen molar-refractivity contribution in [2.75, 3.05) is 14.2 Å². The van der Waals surface area contributed by atoms with Gasteiger partial charge in [0.25, 0.3) is 11.4 Å². The Morgan fingerprint density at radius 1 is 0.763 bits per heavy atom. The normalized spacial score (nSPS) is 21.5. The molecule has 0 spiro atoms. The summed E-state index contributed by atoms with van der Waals surface area (Å²) in [6.45, 7) is 3.40. The molecule has 0 saturated heterocycles. The first-order chi connectivity index (χ1) is 18.1. The minimum Gasteiger partial charge on any atom is -0.468 e. The number of esters is 2. The Labute approximate surface area is 216 Å². The van der Waals surface area contributed by atoms with E-state index in [4.69, 9.17) is 14.4 Å². The lowest BCUT2D eigenvalue weighted by Gasteiger charge is -2.15. The quantitative estimate of drug-likeness (QED) is 0.306. The van der Waals surface area contributed by atoms with E-state index in [0.717, 1.165) is 5.56 Å². The average Bonchev–Trinajstić information content (AvgIpc) is 3.50. The summed E-state index contributed by atoms with van der Waals surface area (Å²) < 4.78 is 9.36. The van der Waals surface area contributed by atoms with Crippen LogP contribution in [0.5, 0.6) is 0 Å². The molecule has 0 aliphatic carbocycles. The van der Waals surface area contributed by atoms with Crippen LogP contribution in [0.1, 0.15) is 37.0 Å². The number of carbonyl (C=O) groups excluding carboxylic acids is 2. The Balaban J connectivity index is 0.000000211. The van der Waals surface area contributed by atoms with Gasteiger partial charge >= 0.3 is 11.9 Å². The summed E-state index contributed by atoms with van der Waals surface area (Å²) in [7, 11) is 2.56. The standard InChI is InChI=1S/2C12H12N2O5/c1-7-10(12(15)18-2)11(19-13-7)8-3-5-9(6-4-8)14(16)17;1-7-10(11(19-13-7)12(15)18-2)8-3-5-9(6-4-8)14(16)17/h2*3-6,10-11H,1-2H3/t10-,11?;10?,11-/m01/s1. The number of nitrogens with zero attached hydrogens (tertiary/aromatic N) is 4. The smallest absolute Gasteiger partial charge is 0.351 e. The van der Waals surface area contributed by atoms with Gasteiger partial charge in [0.2, 0.25) is 6.10 Å². The summed E-state index contributed by atoms with van der Waals surface area (Å²) in [5.74, 6) is -1.97. The van der Waals surface area contributed by atoms with Crippen molar-refractivity contribution in [2.24, 2.45) is 16.2 Å². The molecular weight excluding hydrogens is 504 g/mol. The van der Waals surface area contributed by atoms with Gasteiger partial charge in [-0.1, -0.05) is 22.4 Å². The largest absolute Gasteiger partial charge is 0.468 e. The number of benzene rings is 2. The molecule has 200 valence electrons. The van der Waals surface area contributed by atoms with Gasteiger partial charge in [-0.2, -0.15) is 0 Å². The lowest BCUT2D eigenvalue weighted by molar-refractivity contribution is -0.385. The van der Waals surface area contributed by atoms with Crippen LogP contribution < -0.4 is 0 Å². The van der Waals surface area contributed by atoms with Gasteiger partial charge in [-0.3, -0.25) is 25.0 Å². The van der Waals surface area contributed by atoms with Gasteiger partial charge in [-0.15, -0.1) is 0 Å². The van der Waals surface area contributed by atoms with Gasteiger partial charge in [0.1, 0.15) is 5.92 Å². The maximum absolute atomic E-state index is 11.7. The Morgan fingerprint density at radius 2 is 1.24 bits per heavy atom. The summed E-state index contributed by atoms with van der Waals surface area (Å²) in [6, 6.07) is 11.8. The minimum absolute atomic E-state index is 0.00752. The van der Waals surface area contributed by atoms with E-state index < -0.39 is 39.9 Å². The molecule has 0 N–H and O–H groups in total. The number of nitro groups is 2. The Bertz CT molecular complexity index is 1270. The molecule has 38 heavy (non-hydrogen) atoms. The first-order valence-electron chi connectivity index (χ1n) is 11.1. The molecule has 2 unspecified atom stereocenters. The number of methoxy groups -OCH3 is 2. The van der Waals surface area contributed by atoms with Gasteiger partial charge in [0, 0.05) is 24.3 Å². The summed E-state index contributed by atoms with van der Waals surface area (Å²) in [6.07, 6.45) is -1.44. The Morgan fingerprint density at radius 3 is 1.71 bits per heavy atom. The zero-order chi connectivity index (χ0) is 28.0. The SMILES string of the molecule is COC(=O)[C@@H]1ON=C(C)C1c1ccc([N+](=O)[O-])cc1.COC(=O)[C@H]1C(C)=NOC1c1ccc([N+](=O)[O-])cc1. The molecule has 4 atom stereocenters. The van der Waals surface area contributed by atoms with Crippen molar-refractivity contribution in [2.45, 2.75) is 32.0 Å². The van der Waals surface area contributed by atoms with Gasteiger partial charge in [-0.05, 0) is 37.1 Å². The second kappa shape index (κ2) is 11.9. The van der Waals surface area contributed by atoms with Crippen LogP contribution in [-0.4, -0.2) is 53.5 Å². The molecule has 0 amide bonds. The van der Waals surface area contributed by atoms with E-state index in [-0.39, 0.29) is 17.3 Å². The molecule has 2 aromatic rings. The van der Waals surface area contributed by atoms with Crippen LogP contribution >= 0.6 is 0 Å². The molecule has 14 heteroatoms. The number of non-ortho nitro benzene ring substituents is 2. The van der Waals surface area contributed by atoms with Crippen LogP contribution in [0.15, 0.2) is 58.8 Å².